The maximum Gasteiger partial charge on any atom is 0.237 e. The Balaban J connectivity index is 1.99. The lowest BCUT2D eigenvalue weighted by Gasteiger charge is -2.06. The number of halogens is 1. The van der Waals surface area contributed by atoms with Crippen molar-refractivity contribution < 1.29 is 9.00 Å². The number of hydrogen-bond acceptors (Lipinski definition) is 3. The van der Waals surface area contributed by atoms with Gasteiger partial charge in [-0.25, -0.2) is 0 Å². The van der Waals surface area contributed by atoms with Crippen LogP contribution in [0.3, 0.4) is 0 Å². The summed E-state index contributed by atoms with van der Waals surface area (Å²) in [6.45, 7) is 0. The molecular weight excluding hydrogens is 296 g/mol. The minimum Gasteiger partial charge on any atom is -0.399 e. The standard InChI is InChI=1S/C14H13ClN2O2S/c15-10-3-1-6-13(7-10)20(19)9-14(18)17-12-5-2-4-11(16)8-12/h1-8H,9,16H2,(H,17,18). The molecule has 0 heterocycles. The summed E-state index contributed by atoms with van der Waals surface area (Å²) in [6.07, 6.45) is 0. The molecule has 2 rings (SSSR count). The molecule has 0 fully saturated rings. The van der Waals surface area contributed by atoms with E-state index < -0.39 is 10.8 Å². The molecule has 0 aliphatic heterocycles. The van der Waals surface area contributed by atoms with Gasteiger partial charge in [-0.15, -0.1) is 0 Å². The molecule has 1 atom stereocenters. The highest BCUT2D eigenvalue weighted by Crippen LogP contribution is 2.15. The van der Waals surface area contributed by atoms with E-state index >= 15 is 0 Å². The molecule has 4 nitrogen and oxygen atoms in total. The fourth-order valence-electron chi connectivity index (χ4n) is 1.62. The van der Waals surface area contributed by atoms with E-state index in [1.54, 1.807) is 48.5 Å². The van der Waals surface area contributed by atoms with Gasteiger partial charge in [-0.1, -0.05) is 23.7 Å². The van der Waals surface area contributed by atoms with Crippen LogP contribution >= 0.6 is 11.6 Å². The summed E-state index contributed by atoms with van der Waals surface area (Å²) in [5.74, 6) is -0.469. The molecule has 0 saturated heterocycles. The number of anilines is 2. The quantitative estimate of drug-likeness (QED) is 0.853. The minimum absolute atomic E-state index is 0.130. The van der Waals surface area contributed by atoms with Crippen LogP contribution in [0.5, 0.6) is 0 Å². The van der Waals surface area contributed by atoms with Crippen molar-refractivity contribution in [2.45, 2.75) is 4.90 Å². The summed E-state index contributed by atoms with van der Waals surface area (Å²) in [6, 6.07) is 13.5. The second kappa shape index (κ2) is 6.54. The van der Waals surface area contributed by atoms with Gasteiger partial charge < -0.3 is 11.1 Å². The van der Waals surface area contributed by atoms with E-state index in [1.807, 2.05) is 0 Å². The van der Waals surface area contributed by atoms with Crippen LogP contribution in [0, 0.1) is 0 Å². The second-order valence-corrected chi connectivity index (χ2v) is 6.01. The van der Waals surface area contributed by atoms with Gasteiger partial charge in [0.2, 0.25) is 5.91 Å². The summed E-state index contributed by atoms with van der Waals surface area (Å²) in [4.78, 5) is 12.3. The highest BCUT2D eigenvalue weighted by Gasteiger charge is 2.11. The molecule has 1 unspecified atom stereocenters. The first-order valence-corrected chi connectivity index (χ1v) is 7.53. The molecule has 0 aromatic heterocycles. The number of nitrogens with one attached hydrogen (secondary N) is 1. The summed E-state index contributed by atoms with van der Waals surface area (Å²) < 4.78 is 12.0. The predicted molar refractivity (Wildman–Crippen MR) is 82.2 cm³/mol. The second-order valence-electron chi connectivity index (χ2n) is 4.12. The Morgan fingerprint density at radius 1 is 1.20 bits per heavy atom. The molecule has 1 amide bonds. The van der Waals surface area contributed by atoms with Crippen molar-refractivity contribution in [1.82, 2.24) is 0 Å². The van der Waals surface area contributed by atoms with Gasteiger partial charge in [-0.2, -0.15) is 0 Å². The van der Waals surface area contributed by atoms with Crippen LogP contribution in [-0.4, -0.2) is 15.9 Å². The SMILES string of the molecule is Nc1cccc(NC(=O)CS(=O)c2cccc(Cl)c2)c1. The first-order chi connectivity index (χ1) is 9.54. The van der Waals surface area contributed by atoms with E-state index in [-0.39, 0.29) is 11.7 Å². The molecule has 2 aromatic carbocycles. The average molecular weight is 309 g/mol. The van der Waals surface area contributed by atoms with E-state index in [0.29, 0.717) is 21.3 Å². The number of hydrogen-bond donors (Lipinski definition) is 2. The number of carbonyl (C=O) groups is 1. The third kappa shape index (κ3) is 4.08. The van der Waals surface area contributed by atoms with Crippen molar-refractivity contribution in [1.29, 1.82) is 0 Å². The highest BCUT2D eigenvalue weighted by molar-refractivity contribution is 7.85. The third-order valence-electron chi connectivity index (χ3n) is 2.49. The van der Waals surface area contributed by atoms with Gasteiger partial charge in [0.05, 0.1) is 10.8 Å². The Morgan fingerprint density at radius 3 is 2.65 bits per heavy atom. The van der Waals surface area contributed by atoms with Crippen LogP contribution in [0.25, 0.3) is 0 Å². The molecule has 104 valence electrons. The number of benzene rings is 2. The molecule has 0 aliphatic carbocycles. The fourth-order valence-corrected chi connectivity index (χ4v) is 2.85. The zero-order valence-electron chi connectivity index (χ0n) is 10.5. The largest absolute Gasteiger partial charge is 0.399 e. The molecule has 0 saturated carbocycles. The molecule has 0 aliphatic rings. The van der Waals surface area contributed by atoms with Crippen LogP contribution in [0.2, 0.25) is 5.02 Å². The predicted octanol–water partition coefficient (Wildman–Crippen LogP) is 2.67. The van der Waals surface area contributed by atoms with E-state index in [2.05, 4.69) is 5.32 Å². The van der Waals surface area contributed by atoms with E-state index in [4.69, 9.17) is 17.3 Å². The van der Waals surface area contributed by atoms with Gasteiger partial charge in [0.1, 0.15) is 5.75 Å². The first kappa shape index (κ1) is 14.6. The zero-order chi connectivity index (χ0) is 14.5. The van der Waals surface area contributed by atoms with Gasteiger partial charge in [-0.3, -0.25) is 9.00 Å². The smallest absolute Gasteiger partial charge is 0.237 e. The van der Waals surface area contributed by atoms with Gasteiger partial charge >= 0.3 is 0 Å². The van der Waals surface area contributed by atoms with E-state index in [1.165, 1.54) is 0 Å². The maximum atomic E-state index is 12.0. The topological polar surface area (TPSA) is 72.2 Å². The Labute approximate surface area is 124 Å². The van der Waals surface area contributed by atoms with Crippen molar-refractivity contribution in [3.8, 4) is 0 Å². The van der Waals surface area contributed by atoms with Gasteiger partial charge in [0.25, 0.3) is 0 Å². The average Bonchev–Trinajstić information content (AvgIpc) is 2.38. The Morgan fingerprint density at radius 2 is 1.95 bits per heavy atom. The van der Waals surface area contributed by atoms with Crippen LogP contribution in [-0.2, 0) is 15.6 Å². The molecule has 0 bridgehead atoms. The number of rotatable bonds is 4. The van der Waals surface area contributed by atoms with Crippen molar-refractivity contribution >= 4 is 39.7 Å². The first-order valence-electron chi connectivity index (χ1n) is 5.84. The highest BCUT2D eigenvalue weighted by atomic mass is 35.5. The van der Waals surface area contributed by atoms with E-state index in [9.17, 15) is 9.00 Å². The van der Waals surface area contributed by atoms with Crippen molar-refractivity contribution in [2.24, 2.45) is 0 Å². The van der Waals surface area contributed by atoms with Gasteiger partial charge in [-0.05, 0) is 36.4 Å². The monoisotopic (exact) mass is 308 g/mol. The molecule has 6 heteroatoms. The van der Waals surface area contributed by atoms with Gasteiger partial charge in [0.15, 0.2) is 0 Å². The Bertz CT molecular complexity index is 661. The summed E-state index contributed by atoms with van der Waals surface area (Å²) in [7, 11) is -1.43. The maximum absolute atomic E-state index is 12.0. The van der Waals surface area contributed by atoms with Crippen LogP contribution in [0.4, 0.5) is 11.4 Å². The summed E-state index contributed by atoms with van der Waals surface area (Å²) >= 11 is 5.82. The number of nitrogens with two attached hydrogens (primary N) is 1. The zero-order valence-corrected chi connectivity index (χ0v) is 12.1. The molecule has 3 N–H and O–H groups in total. The molecule has 2 aromatic rings. The van der Waals surface area contributed by atoms with Crippen molar-refractivity contribution in [3.63, 3.8) is 0 Å². The van der Waals surface area contributed by atoms with Crippen LogP contribution in [0.1, 0.15) is 0 Å². The number of nitrogen functional groups attached to an aromatic ring is 1. The summed E-state index contributed by atoms with van der Waals surface area (Å²) in [5, 5.41) is 3.15. The molecule has 0 radical (unpaired) electrons. The fraction of sp³-hybridized carbons (Fsp3) is 0.0714. The lowest BCUT2D eigenvalue weighted by molar-refractivity contribution is -0.113. The lowest BCUT2D eigenvalue weighted by Crippen LogP contribution is -2.19. The van der Waals surface area contributed by atoms with Crippen LogP contribution < -0.4 is 11.1 Å². The number of carbonyl (C=O) groups excluding carboxylic acids is 1. The number of amides is 1. The van der Waals surface area contributed by atoms with Crippen molar-refractivity contribution in [3.05, 3.63) is 53.6 Å². The third-order valence-corrected chi connectivity index (χ3v) is 4.03. The Kier molecular flexibility index (Phi) is 4.76. The van der Waals surface area contributed by atoms with E-state index in [0.717, 1.165) is 0 Å². The van der Waals surface area contributed by atoms with Gasteiger partial charge in [0, 0.05) is 21.3 Å². The van der Waals surface area contributed by atoms with Crippen LogP contribution in [0.15, 0.2) is 53.4 Å². The van der Waals surface area contributed by atoms with Crippen molar-refractivity contribution in [2.75, 3.05) is 16.8 Å². The molecule has 20 heavy (non-hydrogen) atoms. The lowest BCUT2D eigenvalue weighted by atomic mass is 10.3. The molecule has 0 spiro atoms. The minimum atomic E-state index is -1.43. The summed E-state index contributed by atoms with van der Waals surface area (Å²) in [5.41, 5.74) is 6.75. The normalized spacial score (nSPS) is 11.8. The Hall–Kier alpha value is -1.85. The molecular formula is C14H13ClN2O2S.